The lowest BCUT2D eigenvalue weighted by molar-refractivity contribution is -0.384. The Balaban J connectivity index is 1.78. The number of nitro groups is 1. The highest BCUT2D eigenvalue weighted by Crippen LogP contribution is 2.29. The van der Waals surface area contributed by atoms with E-state index in [0.717, 1.165) is 5.69 Å². The molecule has 146 valence electrons. The summed E-state index contributed by atoms with van der Waals surface area (Å²) in [6, 6.07) is 7.28. The summed E-state index contributed by atoms with van der Waals surface area (Å²) in [6.07, 6.45) is 0. The molecule has 9 nitrogen and oxygen atoms in total. The molecule has 3 aromatic rings. The van der Waals surface area contributed by atoms with Crippen LogP contribution in [0.15, 0.2) is 34.7 Å². The predicted octanol–water partition coefficient (Wildman–Crippen LogP) is 3.96. The van der Waals surface area contributed by atoms with Crippen LogP contribution in [-0.4, -0.2) is 27.7 Å². The number of hydrogen-bond acceptors (Lipinski definition) is 6. The van der Waals surface area contributed by atoms with E-state index in [1.54, 1.807) is 17.7 Å². The second-order valence-corrected chi connectivity index (χ2v) is 6.38. The van der Waals surface area contributed by atoms with Gasteiger partial charge in [0.05, 0.1) is 41.1 Å². The van der Waals surface area contributed by atoms with Crippen molar-refractivity contribution in [3.05, 3.63) is 68.4 Å². The van der Waals surface area contributed by atoms with Gasteiger partial charge in [-0.1, -0.05) is 11.6 Å². The zero-order valence-corrected chi connectivity index (χ0v) is 16.1. The zero-order chi connectivity index (χ0) is 20.4. The van der Waals surface area contributed by atoms with Crippen molar-refractivity contribution in [2.45, 2.75) is 20.4 Å². The molecular formula is C18H17ClN4O5. The molecule has 10 heteroatoms. The van der Waals surface area contributed by atoms with Crippen LogP contribution in [0.1, 0.15) is 27.7 Å². The number of aromatic nitrogens is 2. The highest BCUT2D eigenvalue weighted by molar-refractivity contribution is 6.31. The maximum absolute atomic E-state index is 12.4. The first kappa shape index (κ1) is 19.4. The molecule has 0 aliphatic carbocycles. The molecule has 2 heterocycles. The number of hydrogen-bond donors (Lipinski definition) is 1. The molecule has 0 aliphatic heterocycles. The van der Waals surface area contributed by atoms with E-state index in [4.69, 9.17) is 20.8 Å². The maximum Gasteiger partial charge on any atom is 0.296 e. The van der Waals surface area contributed by atoms with E-state index in [9.17, 15) is 14.9 Å². The molecule has 1 N–H and O–H groups in total. The number of aryl methyl sites for hydroxylation is 1. The number of nitrogens with one attached hydrogen (secondary N) is 1. The van der Waals surface area contributed by atoms with Gasteiger partial charge >= 0.3 is 0 Å². The molecule has 1 amide bonds. The van der Waals surface area contributed by atoms with E-state index < -0.39 is 10.8 Å². The number of carbonyl (C=O) groups is 1. The number of ether oxygens (including phenoxy) is 1. The topological polar surface area (TPSA) is 112 Å². The van der Waals surface area contributed by atoms with Gasteiger partial charge in [0.25, 0.3) is 11.6 Å². The minimum atomic E-state index is -0.606. The molecule has 1 aromatic carbocycles. The van der Waals surface area contributed by atoms with Crippen LogP contribution in [0, 0.1) is 24.0 Å². The Morgan fingerprint density at radius 2 is 2.11 bits per heavy atom. The van der Waals surface area contributed by atoms with Crippen molar-refractivity contribution in [2.24, 2.45) is 0 Å². The van der Waals surface area contributed by atoms with Crippen molar-refractivity contribution in [1.82, 2.24) is 9.78 Å². The summed E-state index contributed by atoms with van der Waals surface area (Å²) in [5.41, 5.74) is 1.25. The molecule has 0 saturated carbocycles. The van der Waals surface area contributed by atoms with E-state index in [2.05, 4.69) is 10.4 Å². The van der Waals surface area contributed by atoms with Crippen LogP contribution in [0.4, 0.5) is 11.4 Å². The number of methoxy groups -OCH3 is 1. The minimum Gasteiger partial charge on any atom is -0.496 e. The van der Waals surface area contributed by atoms with Gasteiger partial charge in [-0.2, -0.15) is 5.10 Å². The third kappa shape index (κ3) is 3.84. The van der Waals surface area contributed by atoms with E-state index in [0.29, 0.717) is 28.8 Å². The van der Waals surface area contributed by atoms with Crippen LogP contribution in [0.2, 0.25) is 5.02 Å². The van der Waals surface area contributed by atoms with Gasteiger partial charge in [-0.05, 0) is 38.1 Å². The number of halogens is 1. The van der Waals surface area contributed by atoms with Gasteiger partial charge in [-0.25, -0.2) is 0 Å². The Morgan fingerprint density at radius 1 is 1.36 bits per heavy atom. The van der Waals surface area contributed by atoms with Crippen LogP contribution in [0.3, 0.4) is 0 Å². The van der Waals surface area contributed by atoms with Gasteiger partial charge in [0.1, 0.15) is 17.2 Å². The van der Waals surface area contributed by atoms with Crippen molar-refractivity contribution >= 4 is 28.9 Å². The van der Waals surface area contributed by atoms with Gasteiger partial charge in [0.15, 0.2) is 5.76 Å². The Labute approximate surface area is 165 Å². The highest BCUT2D eigenvalue weighted by Gasteiger charge is 2.20. The number of nitrogens with zero attached hydrogens (tertiary/aromatic N) is 3. The quantitative estimate of drug-likeness (QED) is 0.491. The predicted molar refractivity (Wildman–Crippen MR) is 102 cm³/mol. The molecule has 0 fully saturated rings. The summed E-state index contributed by atoms with van der Waals surface area (Å²) in [4.78, 5) is 23.1. The van der Waals surface area contributed by atoms with Gasteiger partial charge in [0, 0.05) is 0 Å². The summed E-state index contributed by atoms with van der Waals surface area (Å²) in [7, 11) is 1.40. The SMILES string of the molecule is COc1ccc(NC(=O)c2ccc(Cn3nc(C)c(Cl)c3C)o2)c([N+](=O)[O-])c1. The van der Waals surface area contributed by atoms with Crippen LogP contribution in [-0.2, 0) is 6.54 Å². The van der Waals surface area contributed by atoms with E-state index in [1.807, 2.05) is 6.92 Å². The second-order valence-electron chi connectivity index (χ2n) is 6.00. The molecule has 0 aliphatic rings. The Kier molecular flexibility index (Phi) is 5.36. The first-order valence-corrected chi connectivity index (χ1v) is 8.60. The van der Waals surface area contributed by atoms with Gasteiger partial charge < -0.3 is 14.5 Å². The molecule has 0 radical (unpaired) electrons. The average Bonchev–Trinajstić information content (AvgIpc) is 3.23. The Morgan fingerprint density at radius 3 is 2.71 bits per heavy atom. The molecule has 0 bridgehead atoms. The molecule has 0 saturated heterocycles. The molecule has 3 rings (SSSR count). The third-order valence-corrected chi connectivity index (χ3v) is 4.68. The number of benzene rings is 1. The maximum atomic E-state index is 12.4. The summed E-state index contributed by atoms with van der Waals surface area (Å²) in [6.45, 7) is 3.94. The first-order valence-electron chi connectivity index (χ1n) is 8.22. The number of rotatable bonds is 6. The van der Waals surface area contributed by atoms with Gasteiger partial charge in [0.2, 0.25) is 0 Å². The van der Waals surface area contributed by atoms with Gasteiger partial charge in [-0.3, -0.25) is 19.6 Å². The molecule has 0 unspecified atom stereocenters. The second kappa shape index (κ2) is 7.73. The lowest BCUT2D eigenvalue weighted by Crippen LogP contribution is -2.12. The number of anilines is 1. The van der Waals surface area contributed by atoms with Crippen LogP contribution in [0.5, 0.6) is 5.75 Å². The molecular weight excluding hydrogens is 388 g/mol. The Hall–Kier alpha value is -3.33. The Bertz CT molecular complexity index is 1060. The summed E-state index contributed by atoms with van der Waals surface area (Å²) >= 11 is 6.13. The number of carbonyl (C=O) groups excluding carboxylic acids is 1. The fourth-order valence-corrected chi connectivity index (χ4v) is 2.78. The van der Waals surface area contributed by atoms with Crippen LogP contribution >= 0.6 is 11.6 Å². The van der Waals surface area contributed by atoms with Crippen molar-refractivity contribution in [2.75, 3.05) is 12.4 Å². The molecule has 2 aromatic heterocycles. The summed E-state index contributed by atoms with van der Waals surface area (Å²) in [5.74, 6) is 0.226. The lowest BCUT2D eigenvalue weighted by Gasteiger charge is -2.06. The van der Waals surface area contributed by atoms with Crippen molar-refractivity contribution in [1.29, 1.82) is 0 Å². The number of furan rings is 1. The zero-order valence-electron chi connectivity index (χ0n) is 15.4. The van der Waals surface area contributed by atoms with E-state index in [1.165, 1.54) is 31.4 Å². The summed E-state index contributed by atoms with van der Waals surface area (Å²) < 4.78 is 12.2. The van der Waals surface area contributed by atoms with Gasteiger partial charge in [-0.15, -0.1) is 0 Å². The van der Waals surface area contributed by atoms with Crippen molar-refractivity contribution in [3.8, 4) is 5.75 Å². The van der Waals surface area contributed by atoms with E-state index >= 15 is 0 Å². The number of nitro benzene ring substituents is 1. The van der Waals surface area contributed by atoms with E-state index in [-0.39, 0.29) is 17.1 Å². The summed E-state index contributed by atoms with van der Waals surface area (Å²) in [5, 5.41) is 18.6. The minimum absolute atomic E-state index is 0.0211. The monoisotopic (exact) mass is 404 g/mol. The third-order valence-electron chi connectivity index (χ3n) is 4.13. The van der Waals surface area contributed by atoms with Crippen molar-refractivity contribution in [3.63, 3.8) is 0 Å². The smallest absolute Gasteiger partial charge is 0.296 e. The van der Waals surface area contributed by atoms with Crippen molar-refractivity contribution < 1.29 is 18.9 Å². The van der Waals surface area contributed by atoms with Crippen LogP contribution < -0.4 is 10.1 Å². The highest BCUT2D eigenvalue weighted by atomic mass is 35.5. The standard InChI is InChI=1S/C18H17ClN4O5/c1-10-17(19)11(2)22(21-10)9-13-5-7-16(28-13)18(24)20-14-6-4-12(27-3)8-15(14)23(25)26/h4-8H,9H2,1-3H3,(H,20,24). The molecule has 0 atom stereocenters. The number of amides is 1. The first-order chi connectivity index (χ1) is 13.3. The fourth-order valence-electron chi connectivity index (χ4n) is 2.64. The molecule has 0 spiro atoms. The van der Waals surface area contributed by atoms with Crippen LogP contribution in [0.25, 0.3) is 0 Å². The average molecular weight is 405 g/mol. The largest absolute Gasteiger partial charge is 0.496 e. The molecule has 28 heavy (non-hydrogen) atoms. The fraction of sp³-hybridized carbons (Fsp3) is 0.222. The lowest BCUT2D eigenvalue weighted by atomic mass is 10.2. The normalized spacial score (nSPS) is 10.7.